The molecule has 1 aliphatic heterocycles. The van der Waals surface area contributed by atoms with E-state index in [0.717, 1.165) is 6.42 Å². The number of hydrogen-bond donors (Lipinski definition) is 0. The summed E-state index contributed by atoms with van der Waals surface area (Å²) in [4.78, 5) is 27.1. The highest BCUT2D eigenvalue weighted by atomic mass is 16.5. The number of esters is 1. The van der Waals surface area contributed by atoms with Crippen molar-refractivity contribution in [3.8, 4) is 0 Å². The highest BCUT2D eigenvalue weighted by Crippen LogP contribution is 2.63. The van der Waals surface area contributed by atoms with E-state index in [4.69, 9.17) is 4.74 Å². The molecule has 0 N–H and O–H groups in total. The SMILES string of the molecule is COC(=O)[C@@]12CN(C(=O)c3cccc4nnnn34)C[C@@H]1C(C)(C)C2. The Balaban J connectivity index is 1.68. The Morgan fingerprint density at radius 3 is 2.83 bits per heavy atom. The minimum Gasteiger partial charge on any atom is -0.469 e. The Kier molecular flexibility index (Phi) is 2.98. The highest BCUT2D eigenvalue weighted by molar-refractivity contribution is 5.94. The summed E-state index contributed by atoms with van der Waals surface area (Å²) < 4.78 is 6.46. The van der Waals surface area contributed by atoms with Crippen LogP contribution in [-0.4, -0.2) is 57.0 Å². The summed E-state index contributed by atoms with van der Waals surface area (Å²) in [7, 11) is 1.41. The third-order valence-electron chi connectivity index (χ3n) is 5.58. The van der Waals surface area contributed by atoms with Crippen molar-refractivity contribution in [2.75, 3.05) is 20.2 Å². The minimum absolute atomic E-state index is 0.0179. The lowest BCUT2D eigenvalue weighted by atomic mass is 9.48. The van der Waals surface area contributed by atoms with Crippen LogP contribution in [-0.2, 0) is 9.53 Å². The van der Waals surface area contributed by atoms with Gasteiger partial charge in [-0.05, 0) is 40.3 Å². The largest absolute Gasteiger partial charge is 0.469 e. The number of fused-ring (bicyclic) bond motifs is 2. The van der Waals surface area contributed by atoms with Gasteiger partial charge >= 0.3 is 5.97 Å². The molecule has 2 aromatic rings. The average Bonchev–Trinajstić information content (AvgIpc) is 3.16. The maximum atomic E-state index is 13.0. The molecule has 8 heteroatoms. The zero-order chi connectivity index (χ0) is 17.1. The lowest BCUT2D eigenvalue weighted by molar-refractivity contribution is -0.174. The monoisotopic (exact) mass is 329 g/mol. The molecular formula is C16H19N5O3. The average molecular weight is 329 g/mol. The fraction of sp³-hybridized carbons (Fsp3) is 0.562. The zero-order valence-electron chi connectivity index (χ0n) is 13.9. The first kappa shape index (κ1) is 15.0. The second-order valence-electron chi connectivity index (χ2n) is 7.41. The first-order chi connectivity index (χ1) is 11.4. The van der Waals surface area contributed by atoms with Crippen molar-refractivity contribution in [3.05, 3.63) is 23.9 Å². The lowest BCUT2D eigenvalue weighted by Crippen LogP contribution is -2.57. The molecule has 2 fully saturated rings. The van der Waals surface area contributed by atoms with Crippen molar-refractivity contribution in [2.24, 2.45) is 16.7 Å². The Hall–Kier alpha value is -2.51. The predicted molar refractivity (Wildman–Crippen MR) is 83.0 cm³/mol. The topological polar surface area (TPSA) is 89.7 Å². The van der Waals surface area contributed by atoms with Crippen molar-refractivity contribution in [3.63, 3.8) is 0 Å². The fourth-order valence-corrected chi connectivity index (χ4v) is 4.62. The molecule has 1 saturated heterocycles. The number of carbonyl (C=O) groups is 2. The van der Waals surface area contributed by atoms with Gasteiger partial charge in [0.25, 0.3) is 5.91 Å². The molecule has 2 aromatic heterocycles. The molecule has 0 aromatic carbocycles. The van der Waals surface area contributed by atoms with Crippen LogP contribution < -0.4 is 0 Å². The maximum Gasteiger partial charge on any atom is 0.314 e. The summed E-state index contributed by atoms with van der Waals surface area (Å²) >= 11 is 0. The number of carbonyl (C=O) groups excluding carboxylic acids is 2. The van der Waals surface area contributed by atoms with Crippen LogP contribution in [0.4, 0.5) is 0 Å². The Morgan fingerprint density at radius 1 is 1.33 bits per heavy atom. The Bertz CT molecular complexity index is 845. The van der Waals surface area contributed by atoms with Gasteiger partial charge < -0.3 is 9.64 Å². The van der Waals surface area contributed by atoms with Crippen LogP contribution in [0.15, 0.2) is 18.2 Å². The van der Waals surface area contributed by atoms with Gasteiger partial charge in [0, 0.05) is 13.1 Å². The van der Waals surface area contributed by atoms with E-state index < -0.39 is 5.41 Å². The van der Waals surface area contributed by atoms with Crippen LogP contribution >= 0.6 is 0 Å². The van der Waals surface area contributed by atoms with E-state index in [9.17, 15) is 9.59 Å². The molecule has 1 aliphatic carbocycles. The Labute approximate surface area is 138 Å². The van der Waals surface area contributed by atoms with Gasteiger partial charge in [0.1, 0.15) is 5.69 Å². The van der Waals surface area contributed by atoms with Gasteiger partial charge in [-0.25, -0.2) is 0 Å². The smallest absolute Gasteiger partial charge is 0.314 e. The quantitative estimate of drug-likeness (QED) is 0.757. The fourth-order valence-electron chi connectivity index (χ4n) is 4.62. The molecule has 0 radical (unpaired) electrons. The summed E-state index contributed by atoms with van der Waals surface area (Å²) in [6.07, 6.45) is 0.732. The highest BCUT2D eigenvalue weighted by Gasteiger charge is 2.68. The first-order valence-electron chi connectivity index (χ1n) is 7.94. The van der Waals surface area contributed by atoms with Gasteiger partial charge in [-0.2, -0.15) is 4.52 Å². The van der Waals surface area contributed by atoms with Crippen molar-refractivity contribution >= 4 is 17.5 Å². The first-order valence-corrected chi connectivity index (χ1v) is 7.94. The van der Waals surface area contributed by atoms with Gasteiger partial charge in [-0.15, -0.1) is 5.10 Å². The molecule has 2 aliphatic rings. The van der Waals surface area contributed by atoms with Crippen LogP contribution in [0, 0.1) is 16.7 Å². The van der Waals surface area contributed by atoms with Crippen LogP contribution in [0.5, 0.6) is 0 Å². The van der Waals surface area contributed by atoms with E-state index in [2.05, 4.69) is 29.4 Å². The molecule has 24 heavy (non-hydrogen) atoms. The third-order valence-corrected chi connectivity index (χ3v) is 5.58. The molecule has 4 rings (SSSR count). The number of hydrogen-bond acceptors (Lipinski definition) is 6. The van der Waals surface area contributed by atoms with Gasteiger partial charge in [0.15, 0.2) is 5.65 Å². The number of tetrazole rings is 1. The second-order valence-corrected chi connectivity index (χ2v) is 7.41. The standard InChI is InChI=1S/C16H19N5O3/c1-15(2)8-16(14(23)24-3)9-20(7-11(15)16)13(22)10-5-4-6-12-17-18-19-21(10)12/h4-6,11H,7-9H2,1-3H3/t11-,16+/m1/s1. The van der Waals surface area contributed by atoms with Crippen molar-refractivity contribution in [1.29, 1.82) is 0 Å². The number of methoxy groups -OCH3 is 1. The van der Waals surface area contributed by atoms with E-state index in [-0.39, 0.29) is 23.2 Å². The molecule has 3 heterocycles. The molecule has 2 atom stereocenters. The molecule has 0 bridgehead atoms. The summed E-state index contributed by atoms with van der Waals surface area (Å²) in [6, 6.07) is 5.19. The van der Waals surface area contributed by atoms with Gasteiger partial charge in [-0.3, -0.25) is 9.59 Å². The summed E-state index contributed by atoms with van der Waals surface area (Å²) in [5.41, 5.74) is 0.356. The van der Waals surface area contributed by atoms with E-state index in [1.54, 1.807) is 23.1 Å². The molecule has 126 valence electrons. The number of aromatic nitrogens is 4. The minimum atomic E-state index is -0.581. The number of ether oxygens (including phenoxy) is 1. The van der Waals surface area contributed by atoms with E-state index in [1.165, 1.54) is 11.6 Å². The number of rotatable bonds is 2. The molecule has 1 saturated carbocycles. The second kappa shape index (κ2) is 4.75. The zero-order valence-corrected chi connectivity index (χ0v) is 13.9. The number of likely N-dealkylation sites (tertiary alicyclic amines) is 1. The van der Waals surface area contributed by atoms with E-state index in [1.807, 2.05) is 0 Å². The normalized spacial score (nSPS) is 27.6. The molecule has 0 spiro atoms. The number of amides is 1. The van der Waals surface area contributed by atoms with Crippen LogP contribution in [0.1, 0.15) is 30.8 Å². The molecule has 8 nitrogen and oxygen atoms in total. The molecular weight excluding hydrogens is 310 g/mol. The lowest BCUT2D eigenvalue weighted by Gasteiger charge is -2.54. The van der Waals surface area contributed by atoms with Crippen molar-refractivity contribution in [1.82, 2.24) is 24.9 Å². The van der Waals surface area contributed by atoms with Crippen molar-refractivity contribution in [2.45, 2.75) is 20.3 Å². The van der Waals surface area contributed by atoms with Gasteiger partial charge in [0.2, 0.25) is 0 Å². The third kappa shape index (κ3) is 1.82. The van der Waals surface area contributed by atoms with Crippen LogP contribution in [0.25, 0.3) is 5.65 Å². The van der Waals surface area contributed by atoms with Crippen LogP contribution in [0.2, 0.25) is 0 Å². The summed E-state index contributed by atoms with van der Waals surface area (Å²) in [5, 5.41) is 11.4. The number of nitrogens with zero attached hydrogens (tertiary/aromatic N) is 5. The van der Waals surface area contributed by atoms with E-state index >= 15 is 0 Å². The molecule has 0 unspecified atom stereocenters. The summed E-state index contributed by atoms with van der Waals surface area (Å²) in [5.74, 6) is -0.279. The summed E-state index contributed by atoms with van der Waals surface area (Å²) in [6.45, 7) is 5.19. The van der Waals surface area contributed by atoms with Crippen molar-refractivity contribution < 1.29 is 14.3 Å². The number of pyridine rings is 1. The maximum absolute atomic E-state index is 13.0. The Morgan fingerprint density at radius 2 is 2.12 bits per heavy atom. The van der Waals surface area contributed by atoms with Crippen LogP contribution in [0.3, 0.4) is 0 Å². The van der Waals surface area contributed by atoms with E-state index in [0.29, 0.717) is 24.4 Å². The van der Waals surface area contributed by atoms with Gasteiger partial charge in [-0.1, -0.05) is 19.9 Å². The van der Waals surface area contributed by atoms with Gasteiger partial charge in [0.05, 0.1) is 12.5 Å². The molecule has 1 amide bonds. The predicted octanol–water partition coefficient (Wildman–Crippen LogP) is 0.786.